The highest BCUT2D eigenvalue weighted by Crippen LogP contribution is 2.45. The number of thiazole rings is 1. The molecule has 1 aliphatic rings. The van der Waals surface area contributed by atoms with E-state index in [2.05, 4.69) is 9.97 Å². The Bertz CT molecular complexity index is 1550. The highest BCUT2D eigenvalue weighted by molar-refractivity contribution is 7.22. The number of nitro benzene ring substituents is 1. The van der Waals surface area contributed by atoms with E-state index in [1.165, 1.54) is 59.0 Å². The van der Waals surface area contributed by atoms with E-state index in [0.717, 1.165) is 4.70 Å². The van der Waals surface area contributed by atoms with Gasteiger partial charge in [-0.2, -0.15) is 0 Å². The average Bonchev–Trinajstić information content (AvgIpc) is 3.42. The molecule has 4 aromatic rings. The number of aromatic nitrogens is 2. The van der Waals surface area contributed by atoms with Crippen LogP contribution in [0.3, 0.4) is 0 Å². The minimum absolute atomic E-state index is 0.194. The predicted molar refractivity (Wildman–Crippen MR) is 133 cm³/mol. The van der Waals surface area contributed by atoms with Gasteiger partial charge in [0.25, 0.3) is 11.5 Å². The van der Waals surface area contributed by atoms with Crippen LogP contribution in [0.5, 0.6) is 5.75 Å². The van der Waals surface area contributed by atoms with Gasteiger partial charge in [0.1, 0.15) is 11.5 Å². The molecule has 3 heterocycles. The van der Waals surface area contributed by atoms with Gasteiger partial charge in [-0.15, -0.1) is 0 Å². The summed E-state index contributed by atoms with van der Waals surface area (Å²) >= 11 is 1.17. The van der Waals surface area contributed by atoms with E-state index in [-0.39, 0.29) is 27.5 Å². The average molecular weight is 503 g/mol. The standard InChI is InChI=1S/C25H18N4O6S/c1-2-35-17-6-7-18-19(13-17)36-25(27-18)28-21(15-4-3-5-16(12-15)29(33)34)20(23(31)24(28)32)22(30)14-8-10-26-11-9-14/h3-13,21,30H,2H2,1H3/b22-20+. The third-order valence-corrected chi connectivity index (χ3v) is 6.68. The number of hydrogen-bond donors (Lipinski definition) is 1. The molecule has 36 heavy (non-hydrogen) atoms. The van der Waals surface area contributed by atoms with E-state index in [1.807, 2.05) is 6.92 Å². The zero-order chi connectivity index (χ0) is 25.4. The maximum absolute atomic E-state index is 13.3. The smallest absolute Gasteiger partial charge is 0.301 e. The topological polar surface area (TPSA) is 136 Å². The van der Waals surface area contributed by atoms with Gasteiger partial charge in [-0.25, -0.2) is 4.98 Å². The van der Waals surface area contributed by atoms with Crippen molar-refractivity contribution in [1.82, 2.24) is 9.97 Å². The Labute approximate surface area is 208 Å². The minimum Gasteiger partial charge on any atom is -0.507 e. The molecule has 0 saturated carbocycles. The first-order chi connectivity index (χ1) is 17.4. The van der Waals surface area contributed by atoms with Crippen molar-refractivity contribution in [2.45, 2.75) is 13.0 Å². The fourth-order valence-electron chi connectivity index (χ4n) is 4.07. The zero-order valence-electron chi connectivity index (χ0n) is 18.8. The molecule has 0 spiro atoms. The Hall–Kier alpha value is -4.64. The number of aliphatic hydroxyl groups excluding tert-OH is 1. The number of anilines is 1. The summed E-state index contributed by atoms with van der Waals surface area (Å²) in [7, 11) is 0. The van der Waals surface area contributed by atoms with Gasteiger partial charge in [0.2, 0.25) is 0 Å². The summed E-state index contributed by atoms with van der Waals surface area (Å²) in [6.07, 6.45) is 2.88. The second-order valence-electron chi connectivity index (χ2n) is 7.82. The normalized spacial score (nSPS) is 17.0. The molecule has 5 rings (SSSR count). The lowest BCUT2D eigenvalue weighted by atomic mass is 9.95. The molecule has 1 amide bonds. The highest BCUT2D eigenvalue weighted by atomic mass is 32.1. The Kier molecular flexibility index (Phi) is 5.90. The Morgan fingerprint density at radius 2 is 1.94 bits per heavy atom. The van der Waals surface area contributed by atoms with Gasteiger partial charge in [0.05, 0.1) is 33.4 Å². The summed E-state index contributed by atoms with van der Waals surface area (Å²) in [6, 6.07) is 12.8. The lowest BCUT2D eigenvalue weighted by Gasteiger charge is -2.22. The lowest BCUT2D eigenvalue weighted by Crippen LogP contribution is -2.29. The number of nitrogens with zero attached hydrogens (tertiary/aromatic N) is 4. The van der Waals surface area contributed by atoms with Crippen molar-refractivity contribution in [3.63, 3.8) is 0 Å². The summed E-state index contributed by atoms with van der Waals surface area (Å²) < 4.78 is 6.27. The molecule has 1 saturated heterocycles. The van der Waals surface area contributed by atoms with E-state index in [1.54, 1.807) is 24.3 Å². The van der Waals surface area contributed by atoms with Crippen LogP contribution in [0.1, 0.15) is 24.1 Å². The highest BCUT2D eigenvalue weighted by Gasteiger charge is 2.48. The van der Waals surface area contributed by atoms with Crippen LogP contribution in [0.2, 0.25) is 0 Å². The molecule has 0 aliphatic carbocycles. The van der Waals surface area contributed by atoms with E-state index < -0.39 is 28.4 Å². The second-order valence-corrected chi connectivity index (χ2v) is 8.83. The third-order valence-electron chi connectivity index (χ3n) is 5.66. The maximum Gasteiger partial charge on any atom is 0.301 e. The van der Waals surface area contributed by atoms with E-state index in [9.17, 15) is 24.8 Å². The number of pyridine rings is 1. The monoisotopic (exact) mass is 502 g/mol. The van der Waals surface area contributed by atoms with Crippen molar-refractivity contribution >= 4 is 49.8 Å². The van der Waals surface area contributed by atoms with Crippen molar-refractivity contribution in [2.24, 2.45) is 0 Å². The summed E-state index contributed by atoms with van der Waals surface area (Å²) in [6.45, 7) is 2.34. The number of rotatable bonds is 6. The molecule has 11 heteroatoms. The van der Waals surface area contributed by atoms with Crippen molar-refractivity contribution < 1.29 is 24.4 Å². The number of carbonyl (C=O) groups is 2. The Morgan fingerprint density at radius 1 is 1.17 bits per heavy atom. The first kappa shape index (κ1) is 23.1. The van der Waals surface area contributed by atoms with Crippen LogP contribution in [0.15, 0.2) is 72.6 Å². The van der Waals surface area contributed by atoms with Gasteiger partial charge in [-0.3, -0.25) is 29.6 Å². The summed E-state index contributed by atoms with van der Waals surface area (Å²) in [5, 5.41) is 22.8. The number of hydrogen-bond acceptors (Lipinski definition) is 9. The first-order valence-electron chi connectivity index (χ1n) is 10.9. The number of non-ortho nitro benzene ring substituents is 1. The molecule has 10 nitrogen and oxygen atoms in total. The van der Waals surface area contributed by atoms with Gasteiger partial charge in [-0.05, 0) is 42.8 Å². The molecule has 1 unspecified atom stereocenters. The van der Waals surface area contributed by atoms with Crippen LogP contribution < -0.4 is 9.64 Å². The molecule has 180 valence electrons. The van der Waals surface area contributed by atoms with Gasteiger partial charge >= 0.3 is 5.91 Å². The van der Waals surface area contributed by atoms with E-state index in [4.69, 9.17) is 4.74 Å². The molecule has 2 aromatic heterocycles. The van der Waals surface area contributed by atoms with Crippen LogP contribution in [-0.2, 0) is 9.59 Å². The van der Waals surface area contributed by atoms with Crippen molar-refractivity contribution in [3.05, 3.63) is 93.8 Å². The van der Waals surface area contributed by atoms with Crippen molar-refractivity contribution in [1.29, 1.82) is 0 Å². The Balaban J connectivity index is 1.72. The van der Waals surface area contributed by atoms with Crippen molar-refractivity contribution in [2.75, 3.05) is 11.5 Å². The predicted octanol–water partition coefficient (Wildman–Crippen LogP) is 4.62. The number of aliphatic hydroxyl groups is 1. The number of benzene rings is 2. The fourth-order valence-corrected chi connectivity index (χ4v) is 5.09. The van der Waals surface area contributed by atoms with Gasteiger partial charge in [0.15, 0.2) is 5.13 Å². The lowest BCUT2D eigenvalue weighted by molar-refractivity contribution is -0.384. The SMILES string of the molecule is CCOc1ccc2nc(N3C(=O)C(=O)/C(=C(/O)c4ccncc4)C3c3cccc([N+](=O)[O-])c3)sc2c1. The molecule has 1 aliphatic heterocycles. The van der Waals surface area contributed by atoms with Gasteiger partial charge in [-0.1, -0.05) is 23.5 Å². The molecule has 2 aromatic carbocycles. The minimum atomic E-state index is -1.13. The zero-order valence-corrected chi connectivity index (χ0v) is 19.6. The van der Waals surface area contributed by atoms with E-state index >= 15 is 0 Å². The summed E-state index contributed by atoms with van der Waals surface area (Å²) in [4.78, 5) is 47.1. The summed E-state index contributed by atoms with van der Waals surface area (Å²) in [5.74, 6) is -1.59. The van der Waals surface area contributed by atoms with Crippen LogP contribution in [-0.4, -0.2) is 38.3 Å². The van der Waals surface area contributed by atoms with Gasteiger partial charge in [0, 0.05) is 30.1 Å². The molecule has 0 radical (unpaired) electrons. The van der Waals surface area contributed by atoms with Crippen molar-refractivity contribution in [3.8, 4) is 5.75 Å². The molecular weight excluding hydrogens is 484 g/mol. The largest absolute Gasteiger partial charge is 0.507 e. The van der Waals surface area contributed by atoms with E-state index in [0.29, 0.717) is 17.9 Å². The molecule has 1 atom stereocenters. The third kappa shape index (κ3) is 3.95. The van der Waals surface area contributed by atoms with Crippen LogP contribution >= 0.6 is 11.3 Å². The molecule has 1 fully saturated rings. The Morgan fingerprint density at radius 3 is 2.67 bits per heavy atom. The fraction of sp³-hybridized carbons (Fsp3) is 0.120. The molecule has 0 bridgehead atoms. The molecule has 1 N–H and O–H groups in total. The first-order valence-corrected chi connectivity index (χ1v) is 11.7. The maximum atomic E-state index is 13.3. The second kappa shape index (κ2) is 9.19. The quantitative estimate of drug-likeness (QED) is 0.133. The van der Waals surface area contributed by atoms with Crippen LogP contribution in [0.4, 0.5) is 10.8 Å². The number of nitro groups is 1. The molecular formula is C25H18N4O6S. The van der Waals surface area contributed by atoms with Gasteiger partial charge < -0.3 is 9.84 Å². The number of fused-ring (bicyclic) bond motifs is 1. The summed E-state index contributed by atoms with van der Waals surface area (Å²) in [5.41, 5.74) is 0.748. The number of carbonyl (C=O) groups excluding carboxylic acids is 2. The van der Waals surface area contributed by atoms with Crippen LogP contribution in [0.25, 0.3) is 16.0 Å². The number of ketones is 1. The number of amides is 1. The number of ether oxygens (including phenoxy) is 1. The number of Topliss-reactive ketones (excluding diaryl/α,β-unsaturated/α-hetero) is 1. The van der Waals surface area contributed by atoms with Crippen LogP contribution in [0, 0.1) is 10.1 Å².